The van der Waals surface area contributed by atoms with Gasteiger partial charge in [-0.05, 0) is 25.2 Å². The Morgan fingerprint density at radius 3 is 1.80 bits per heavy atom. The predicted octanol–water partition coefficient (Wildman–Crippen LogP) is 3.42. The van der Waals surface area contributed by atoms with Crippen molar-refractivity contribution in [1.29, 1.82) is 0 Å². The van der Waals surface area contributed by atoms with Crippen LogP contribution in [0.2, 0.25) is 0 Å². The number of rotatable bonds is 4. The maximum absolute atomic E-state index is 12.5. The van der Waals surface area contributed by atoms with E-state index in [1.165, 1.54) is 0 Å². The molecule has 0 saturated heterocycles. The van der Waals surface area contributed by atoms with Gasteiger partial charge in [-0.25, -0.2) is 4.39 Å². The summed E-state index contributed by atoms with van der Waals surface area (Å²) in [7, 11) is 0. The molecule has 0 radical (unpaired) electrons. The fourth-order valence-corrected chi connectivity index (χ4v) is 0.826. The highest BCUT2D eigenvalue weighted by atomic mass is 18.2. The minimum Gasteiger partial charge on any atom is -0.248 e. The van der Waals surface area contributed by atoms with Crippen molar-refractivity contribution in [3.8, 4) is 0 Å². The molecule has 0 heterocycles. The molecule has 0 N–H and O–H groups in total. The van der Waals surface area contributed by atoms with Crippen LogP contribution in [0.25, 0.3) is 0 Å². The van der Waals surface area contributed by atoms with Gasteiger partial charge in [0.15, 0.2) is 0 Å². The Morgan fingerprint density at radius 1 is 1.00 bits per heavy atom. The van der Waals surface area contributed by atoms with Gasteiger partial charge in [0.25, 0.3) is 0 Å². The van der Waals surface area contributed by atoms with Crippen molar-refractivity contribution in [2.24, 2.45) is 11.8 Å². The van der Waals surface area contributed by atoms with Crippen molar-refractivity contribution in [2.75, 3.05) is 0 Å². The van der Waals surface area contributed by atoms with Gasteiger partial charge in [0.1, 0.15) is 0 Å². The molecule has 0 aliphatic rings. The molecule has 0 fully saturated rings. The first-order valence-corrected chi connectivity index (χ1v) is 4.18. The van der Waals surface area contributed by atoms with Crippen LogP contribution >= 0.6 is 0 Å². The summed E-state index contributed by atoms with van der Waals surface area (Å²) >= 11 is 0. The Morgan fingerprint density at radius 2 is 1.50 bits per heavy atom. The summed E-state index contributed by atoms with van der Waals surface area (Å²) < 4.78 is 12.5. The maximum atomic E-state index is 12.5. The van der Waals surface area contributed by atoms with Crippen molar-refractivity contribution in [3.05, 3.63) is 0 Å². The lowest BCUT2D eigenvalue weighted by molar-refractivity contribution is 0.243. The van der Waals surface area contributed by atoms with Crippen LogP contribution in [0.5, 0.6) is 0 Å². The van der Waals surface area contributed by atoms with Gasteiger partial charge in [-0.15, -0.1) is 0 Å². The predicted molar refractivity (Wildman–Crippen MR) is 43.8 cm³/mol. The zero-order valence-electron chi connectivity index (χ0n) is 7.52. The van der Waals surface area contributed by atoms with Gasteiger partial charge >= 0.3 is 0 Å². The second-order valence-electron chi connectivity index (χ2n) is 3.63. The van der Waals surface area contributed by atoms with E-state index in [9.17, 15) is 4.39 Å². The highest BCUT2D eigenvalue weighted by Gasteiger charge is 2.10. The molecule has 0 aromatic heterocycles. The average molecular weight is 145 g/mol. The minimum atomic E-state index is -0.640. The third-order valence-corrected chi connectivity index (χ3v) is 1.98. The molecule has 0 nitrogen and oxygen atoms in total. The van der Waals surface area contributed by atoms with Gasteiger partial charge in [-0.2, -0.15) is 0 Å². The molecule has 0 spiro atoms. The molecular weight excluding hydrogens is 126 g/mol. The first kappa shape index (κ1) is 9.93. The summed E-state index contributed by atoms with van der Waals surface area (Å²) in [5, 5.41) is 0. The highest BCUT2D eigenvalue weighted by molar-refractivity contribution is 4.60. The summed E-state index contributed by atoms with van der Waals surface area (Å²) in [4.78, 5) is 0. The monoisotopic (exact) mass is 145 g/mol. The van der Waals surface area contributed by atoms with Crippen LogP contribution in [0.3, 0.4) is 0 Å². The molecule has 0 aromatic rings. The fraction of sp³-hybridized carbons (Fsp3) is 1.00. The Kier molecular flexibility index (Phi) is 4.67. The van der Waals surface area contributed by atoms with E-state index in [1.54, 1.807) is 6.92 Å². The van der Waals surface area contributed by atoms with Crippen LogP contribution in [0.1, 0.15) is 40.5 Å². The lowest BCUT2D eigenvalue weighted by Gasteiger charge is -2.13. The molecule has 0 saturated carbocycles. The summed E-state index contributed by atoms with van der Waals surface area (Å²) in [6.45, 7) is 7.98. The van der Waals surface area contributed by atoms with Gasteiger partial charge in [-0.1, -0.05) is 27.2 Å². The van der Waals surface area contributed by atoms with Crippen LogP contribution in [0.15, 0.2) is 0 Å². The Balaban J connectivity index is 3.30. The normalized spacial score (nSPS) is 17.4. The Labute approximate surface area is 63.8 Å². The highest BCUT2D eigenvalue weighted by Crippen LogP contribution is 2.16. The van der Waals surface area contributed by atoms with E-state index < -0.39 is 6.17 Å². The first-order valence-electron chi connectivity index (χ1n) is 4.18. The molecular formula is C9H19F. The van der Waals surface area contributed by atoms with Gasteiger partial charge in [0.2, 0.25) is 0 Å². The largest absolute Gasteiger partial charge is 0.248 e. The van der Waals surface area contributed by atoms with Crippen molar-refractivity contribution in [1.82, 2.24) is 0 Å². The van der Waals surface area contributed by atoms with E-state index in [0.717, 1.165) is 12.8 Å². The zero-order valence-corrected chi connectivity index (χ0v) is 7.52. The van der Waals surface area contributed by atoms with Crippen molar-refractivity contribution in [2.45, 2.75) is 46.7 Å². The Bertz CT molecular complexity index is 76.8. The molecule has 0 unspecified atom stereocenters. The third kappa shape index (κ3) is 4.78. The second-order valence-corrected chi connectivity index (χ2v) is 3.63. The molecule has 0 bridgehead atoms. The standard InChI is InChI=1S/C9H19F/c1-7(2)5-6-8(3)9(4)10/h7-9H,5-6H2,1-4H3/t8-,9-/m0/s1/i10-1. The molecule has 1 heteroatoms. The SMILES string of the molecule is CC(C)CC[C@H](C)[C@H](C)[18F]. The summed E-state index contributed by atoms with van der Waals surface area (Å²) in [6, 6.07) is 0. The summed E-state index contributed by atoms with van der Waals surface area (Å²) in [5.74, 6) is 0.948. The molecule has 10 heavy (non-hydrogen) atoms. The van der Waals surface area contributed by atoms with E-state index in [-0.39, 0.29) is 5.92 Å². The summed E-state index contributed by atoms with van der Waals surface area (Å²) in [5.41, 5.74) is 0. The first-order chi connectivity index (χ1) is 4.54. The van der Waals surface area contributed by atoms with Crippen LogP contribution < -0.4 is 0 Å². The fourth-order valence-electron chi connectivity index (χ4n) is 0.826. The van der Waals surface area contributed by atoms with Crippen LogP contribution in [0, 0.1) is 11.8 Å². The van der Waals surface area contributed by atoms with Crippen molar-refractivity contribution in [3.63, 3.8) is 0 Å². The number of hydrogen-bond acceptors (Lipinski definition) is 0. The molecule has 0 rings (SSSR count). The van der Waals surface area contributed by atoms with Gasteiger partial charge in [0.05, 0.1) is 6.17 Å². The number of alkyl halides is 1. The lowest BCUT2D eigenvalue weighted by atomic mass is 9.96. The molecule has 2 atom stereocenters. The second kappa shape index (κ2) is 4.70. The smallest absolute Gasteiger partial charge is 0.0998 e. The van der Waals surface area contributed by atoms with Crippen LogP contribution in [-0.4, -0.2) is 6.17 Å². The average Bonchev–Trinajstić information content (AvgIpc) is 1.82. The lowest BCUT2D eigenvalue weighted by Crippen LogP contribution is -2.08. The maximum Gasteiger partial charge on any atom is 0.0998 e. The van der Waals surface area contributed by atoms with Gasteiger partial charge in [-0.3, -0.25) is 0 Å². The topological polar surface area (TPSA) is 0 Å². The number of hydrogen-bond donors (Lipinski definition) is 0. The van der Waals surface area contributed by atoms with Gasteiger partial charge in [0, 0.05) is 0 Å². The number of halogens is 1. The van der Waals surface area contributed by atoms with E-state index in [1.807, 2.05) is 6.92 Å². The Hall–Kier alpha value is -0.0700. The zero-order chi connectivity index (χ0) is 8.15. The molecule has 62 valence electrons. The van der Waals surface area contributed by atoms with Gasteiger partial charge < -0.3 is 0 Å². The molecule has 0 amide bonds. The van der Waals surface area contributed by atoms with Crippen molar-refractivity contribution < 1.29 is 4.39 Å². The van der Waals surface area contributed by atoms with Crippen LogP contribution in [-0.2, 0) is 0 Å². The van der Waals surface area contributed by atoms with E-state index in [0.29, 0.717) is 5.92 Å². The van der Waals surface area contributed by atoms with Crippen LogP contribution in [0.4, 0.5) is 4.39 Å². The van der Waals surface area contributed by atoms with E-state index in [2.05, 4.69) is 13.8 Å². The third-order valence-electron chi connectivity index (χ3n) is 1.98. The quantitative estimate of drug-likeness (QED) is 0.568. The molecule has 0 aromatic carbocycles. The molecule has 0 aliphatic carbocycles. The van der Waals surface area contributed by atoms with E-state index >= 15 is 0 Å². The molecule has 0 aliphatic heterocycles. The summed E-state index contributed by atoms with van der Waals surface area (Å²) in [6.07, 6.45) is 1.53. The minimum absolute atomic E-state index is 0.238. The van der Waals surface area contributed by atoms with Crippen molar-refractivity contribution >= 4 is 0 Å². The van der Waals surface area contributed by atoms with E-state index in [4.69, 9.17) is 0 Å².